The van der Waals surface area contributed by atoms with Crippen molar-refractivity contribution in [1.29, 1.82) is 0 Å². The number of para-hydroxylation sites is 1. The lowest BCUT2D eigenvalue weighted by molar-refractivity contribution is 0.0471. The lowest BCUT2D eigenvalue weighted by atomic mass is 9.94. The van der Waals surface area contributed by atoms with Gasteiger partial charge in [0.15, 0.2) is 0 Å². The first-order chi connectivity index (χ1) is 12.3. The molecule has 3 aliphatic rings. The molecule has 25 heavy (non-hydrogen) atoms. The van der Waals surface area contributed by atoms with Crippen molar-refractivity contribution in [2.45, 2.75) is 82.7 Å². The van der Waals surface area contributed by atoms with E-state index < -0.39 is 0 Å². The number of rotatable bonds is 1. The number of nitrogens with zero attached hydrogens (tertiary/aromatic N) is 2. The van der Waals surface area contributed by atoms with E-state index in [1.165, 1.54) is 44.2 Å². The first-order valence-corrected chi connectivity index (χ1v) is 10.1. The summed E-state index contributed by atoms with van der Waals surface area (Å²) < 4.78 is 0. The number of hydrazone groups is 1. The molecule has 0 bridgehead atoms. The van der Waals surface area contributed by atoms with E-state index in [4.69, 9.17) is 5.10 Å². The van der Waals surface area contributed by atoms with Gasteiger partial charge in [0.2, 0.25) is 0 Å². The summed E-state index contributed by atoms with van der Waals surface area (Å²) in [6.07, 6.45) is 13.9. The first-order valence-electron chi connectivity index (χ1n) is 10.1. The van der Waals surface area contributed by atoms with E-state index in [2.05, 4.69) is 5.32 Å². The SMILES string of the molecule is O=C1c2ccccc2NC2(CCCCCC2)N1N=C1CCCCCC1. The Hall–Kier alpha value is -1.84. The topological polar surface area (TPSA) is 44.7 Å². The van der Waals surface area contributed by atoms with Crippen molar-refractivity contribution in [3.8, 4) is 0 Å². The van der Waals surface area contributed by atoms with Gasteiger partial charge in [-0.15, -0.1) is 0 Å². The zero-order chi connectivity index (χ0) is 17.1. The van der Waals surface area contributed by atoms with Crippen molar-refractivity contribution in [1.82, 2.24) is 5.01 Å². The van der Waals surface area contributed by atoms with Crippen LogP contribution in [0.25, 0.3) is 0 Å². The fourth-order valence-electron chi connectivity index (χ4n) is 4.56. The molecule has 2 fully saturated rings. The fourth-order valence-corrected chi connectivity index (χ4v) is 4.56. The number of hydrogen-bond donors (Lipinski definition) is 1. The summed E-state index contributed by atoms with van der Waals surface area (Å²) in [5.41, 5.74) is 2.62. The molecule has 1 aliphatic heterocycles. The van der Waals surface area contributed by atoms with Gasteiger partial charge in [0.25, 0.3) is 5.91 Å². The van der Waals surface area contributed by atoms with Gasteiger partial charge in [-0.05, 0) is 63.5 Å². The number of hydrogen-bond acceptors (Lipinski definition) is 3. The minimum absolute atomic E-state index is 0.0768. The van der Waals surface area contributed by atoms with Crippen LogP contribution in [-0.2, 0) is 0 Å². The molecule has 4 heteroatoms. The predicted molar refractivity (Wildman–Crippen MR) is 102 cm³/mol. The summed E-state index contributed by atoms with van der Waals surface area (Å²) in [5, 5.41) is 10.6. The molecule has 1 spiro atoms. The Balaban J connectivity index is 1.74. The van der Waals surface area contributed by atoms with Gasteiger partial charge in [-0.2, -0.15) is 5.10 Å². The smallest absolute Gasteiger partial charge is 0.278 e. The summed E-state index contributed by atoms with van der Waals surface area (Å²) in [6, 6.07) is 7.92. The molecule has 4 rings (SSSR count). The van der Waals surface area contributed by atoms with Crippen molar-refractivity contribution >= 4 is 17.3 Å². The average molecular weight is 339 g/mol. The second kappa shape index (κ2) is 7.19. The molecule has 1 N–H and O–H groups in total. The third-order valence-corrected chi connectivity index (χ3v) is 5.98. The number of nitrogens with one attached hydrogen (secondary N) is 1. The molecule has 134 valence electrons. The zero-order valence-corrected chi connectivity index (χ0v) is 15.1. The Morgan fingerprint density at radius 1 is 0.880 bits per heavy atom. The van der Waals surface area contributed by atoms with Crippen LogP contribution in [0.1, 0.15) is 87.4 Å². The molecule has 2 aliphatic carbocycles. The van der Waals surface area contributed by atoms with Crippen LogP contribution in [0.5, 0.6) is 0 Å². The molecule has 1 heterocycles. The Morgan fingerprint density at radius 2 is 1.52 bits per heavy atom. The Bertz CT molecular complexity index is 649. The second-order valence-corrected chi connectivity index (χ2v) is 7.81. The van der Waals surface area contributed by atoms with Crippen molar-refractivity contribution < 1.29 is 4.79 Å². The van der Waals surface area contributed by atoms with Crippen LogP contribution in [0, 0.1) is 0 Å². The molecular formula is C21H29N3O. The first kappa shape index (κ1) is 16.6. The van der Waals surface area contributed by atoms with Crippen LogP contribution >= 0.6 is 0 Å². The summed E-state index contributed by atoms with van der Waals surface area (Å²) in [5.74, 6) is 0.0768. The number of benzene rings is 1. The van der Waals surface area contributed by atoms with Gasteiger partial charge < -0.3 is 5.32 Å². The average Bonchev–Trinajstić information content (AvgIpc) is 3.02. The van der Waals surface area contributed by atoms with Crippen LogP contribution in [0.2, 0.25) is 0 Å². The van der Waals surface area contributed by atoms with Gasteiger partial charge in [0, 0.05) is 11.4 Å². The van der Waals surface area contributed by atoms with E-state index in [-0.39, 0.29) is 11.6 Å². The summed E-state index contributed by atoms with van der Waals surface area (Å²) >= 11 is 0. The molecule has 0 saturated heterocycles. The maximum absolute atomic E-state index is 13.3. The van der Waals surface area contributed by atoms with Crippen LogP contribution in [-0.4, -0.2) is 22.3 Å². The van der Waals surface area contributed by atoms with Gasteiger partial charge >= 0.3 is 0 Å². The number of anilines is 1. The predicted octanol–water partition coefficient (Wildman–Crippen LogP) is 5.32. The number of carbonyl (C=O) groups excluding carboxylic acids is 1. The van der Waals surface area contributed by atoms with Crippen LogP contribution in [0.3, 0.4) is 0 Å². The monoisotopic (exact) mass is 339 g/mol. The molecule has 0 atom stereocenters. The van der Waals surface area contributed by atoms with E-state index in [0.29, 0.717) is 0 Å². The molecule has 0 radical (unpaired) electrons. The summed E-state index contributed by atoms with van der Waals surface area (Å²) in [6.45, 7) is 0. The third kappa shape index (κ3) is 3.31. The van der Waals surface area contributed by atoms with Crippen molar-refractivity contribution in [2.24, 2.45) is 5.10 Å². The molecule has 1 amide bonds. The van der Waals surface area contributed by atoms with E-state index in [1.807, 2.05) is 29.3 Å². The van der Waals surface area contributed by atoms with Gasteiger partial charge in [0.05, 0.1) is 5.56 Å². The second-order valence-electron chi connectivity index (χ2n) is 7.81. The summed E-state index contributed by atoms with van der Waals surface area (Å²) in [4.78, 5) is 13.3. The minimum Gasteiger partial charge on any atom is -0.360 e. The van der Waals surface area contributed by atoms with Crippen molar-refractivity contribution in [3.63, 3.8) is 0 Å². The number of amides is 1. The Morgan fingerprint density at radius 3 is 2.24 bits per heavy atom. The van der Waals surface area contributed by atoms with Crippen molar-refractivity contribution in [3.05, 3.63) is 29.8 Å². The number of fused-ring (bicyclic) bond motifs is 1. The highest BCUT2D eigenvalue weighted by Crippen LogP contribution is 2.40. The fraction of sp³-hybridized carbons (Fsp3) is 0.619. The lowest BCUT2D eigenvalue weighted by Crippen LogP contribution is -2.57. The Kier molecular flexibility index (Phi) is 4.78. The van der Waals surface area contributed by atoms with Gasteiger partial charge in [-0.1, -0.05) is 37.8 Å². The van der Waals surface area contributed by atoms with E-state index >= 15 is 0 Å². The highest BCUT2D eigenvalue weighted by Gasteiger charge is 2.45. The third-order valence-electron chi connectivity index (χ3n) is 5.98. The Labute approximate surface area is 150 Å². The molecule has 0 aromatic heterocycles. The lowest BCUT2D eigenvalue weighted by Gasteiger charge is -2.45. The highest BCUT2D eigenvalue weighted by atomic mass is 16.2. The standard InChI is InChI=1S/C21H29N3O/c25-20-18-13-7-8-14-19(18)22-21(15-9-3-4-10-16-21)24(20)23-17-11-5-1-2-6-12-17/h7-8,13-14,22H,1-6,9-12,15-16H2. The molecule has 1 aromatic rings. The quantitative estimate of drug-likeness (QED) is 0.704. The zero-order valence-electron chi connectivity index (χ0n) is 15.1. The summed E-state index contributed by atoms with van der Waals surface area (Å²) in [7, 11) is 0. The minimum atomic E-state index is -0.332. The largest absolute Gasteiger partial charge is 0.360 e. The van der Waals surface area contributed by atoms with E-state index in [0.717, 1.165) is 49.8 Å². The van der Waals surface area contributed by atoms with Crippen LogP contribution in [0.15, 0.2) is 29.4 Å². The molecule has 0 unspecified atom stereocenters. The number of carbonyl (C=O) groups is 1. The molecule has 1 aromatic carbocycles. The van der Waals surface area contributed by atoms with Gasteiger partial charge in [-0.25, -0.2) is 5.01 Å². The van der Waals surface area contributed by atoms with Gasteiger partial charge in [0.1, 0.15) is 5.66 Å². The van der Waals surface area contributed by atoms with Crippen LogP contribution in [0.4, 0.5) is 5.69 Å². The highest BCUT2D eigenvalue weighted by molar-refractivity contribution is 6.02. The maximum atomic E-state index is 13.3. The molecule has 4 nitrogen and oxygen atoms in total. The van der Waals surface area contributed by atoms with Gasteiger partial charge in [-0.3, -0.25) is 4.79 Å². The van der Waals surface area contributed by atoms with Crippen molar-refractivity contribution in [2.75, 3.05) is 5.32 Å². The van der Waals surface area contributed by atoms with E-state index in [1.54, 1.807) is 0 Å². The normalized spacial score (nSPS) is 23.4. The molecular weight excluding hydrogens is 310 g/mol. The molecule has 2 saturated carbocycles. The van der Waals surface area contributed by atoms with E-state index in [9.17, 15) is 4.79 Å². The van der Waals surface area contributed by atoms with Crippen LogP contribution < -0.4 is 5.32 Å². The maximum Gasteiger partial charge on any atom is 0.278 e.